The van der Waals surface area contributed by atoms with Crippen LogP contribution in [0.3, 0.4) is 0 Å². The molecule has 1 aromatic heterocycles. The summed E-state index contributed by atoms with van der Waals surface area (Å²) in [5.74, 6) is -0.00329. The van der Waals surface area contributed by atoms with Crippen molar-refractivity contribution in [2.45, 2.75) is 13.3 Å². The highest BCUT2D eigenvalue weighted by Crippen LogP contribution is 2.19. The molecule has 0 radical (unpaired) electrons. The van der Waals surface area contributed by atoms with Crippen molar-refractivity contribution < 1.29 is 4.79 Å². The lowest BCUT2D eigenvalue weighted by Crippen LogP contribution is -2.22. The van der Waals surface area contributed by atoms with E-state index >= 15 is 0 Å². The third-order valence-corrected chi connectivity index (χ3v) is 3.19. The van der Waals surface area contributed by atoms with Gasteiger partial charge in [-0.2, -0.15) is 0 Å². The van der Waals surface area contributed by atoms with Gasteiger partial charge in [-0.1, -0.05) is 15.9 Å². The minimum atomic E-state index is -0.102. The first kappa shape index (κ1) is 12.0. The van der Waals surface area contributed by atoms with Gasteiger partial charge in [-0.25, -0.2) is 0 Å². The Labute approximate surface area is 107 Å². The van der Waals surface area contributed by atoms with Crippen LogP contribution in [0.1, 0.15) is 12.5 Å². The maximum atomic E-state index is 12.0. The predicted octanol–water partition coefficient (Wildman–Crippen LogP) is 2.43. The molecule has 0 saturated heterocycles. The van der Waals surface area contributed by atoms with Crippen LogP contribution in [0.4, 0.5) is 0 Å². The van der Waals surface area contributed by atoms with Crippen molar-refractivity contribution in [2.24, 2.45) is 7.05 Å². The van der Waals surface area contributed by atoms with E-state index in [9.17, 15) is 9.59 Å². The van der Waals surface area contributed by atoms with E-state index in [2.05, 4.69) is 15.9 Å². The number of carbonyl (C=O) groups is 1. The number of carbonyl (C=O) groups excluding carboxylic acids is 1. The molecular formula is C13H12BrNO2. The summed E-state index contributed by atoms with van der Waals surface area (Å²) < 4.78 is 2.54. The molecule has 0 atom stereocenters. The smallest absolute Gasteiger partial charge is 0.254 e. The lowest BCUT2D eigenvalue weighted by atomic mass is 10.1. The van der Waals surface area contributed by atoms with Crippen LogP contribution < -0.4 is 5.56 Å². The van der Waals surface area contributed by atoms with Gasteiger partial charge in [0.1, 0.15) is 5.78 Å². The zero-order valence-electron chi connectivity index (χ0n) is 9.66. The number of nitrogens with zero attached hydrogens (tertiary/aromatic N) is 1. The second-order valence-electron chi connectivity index (χ2n) is 4.12. The number of fused-ring (bicyclic) bond motifs is 1. The van der Waals surface area contributed by atoms with Crippen LogP contribution >= 0.6 is 15.9 Å². The van der Waals surface area contributed by atoms with Gasteiger partial charge in [-0.15, -0.1) is 0 Å². The van der Waals surface area contributed by atoms with Crippen molar-refractivity contribution in [3.8, 4) is 0 Å². The first-order chi connectivity index (χ1) is 7.99. The Morgan fingerprint density at radius 1 is 1.35 bits per heavy atom. The largest absolute Gasteiger partial charge is 0.311 e. The van der Waals surface area contributed by atoms with E-state index in [1.54, 1.807) is 17.7 Å². The summed E-state index contributed by atoms with van der Waals surface area (Å²) in [7, 11) is 1.72. The number of hydrogen-bond acceptors (Lipinski definition) is 2. The number of aromatic nitrogens is 1. The van der Waals surface area contributed by atoms with Gasteiger partial charge in [0.05, 0.1) is 5.52 Å². The summed E-state index contributed by atoms with van der Waals surface area (Å²) in [5.41, 5.74) is 1.31. The number of rotatable bonds is 2. The van der Waals surface area contributed by atoms with Gasteiger partial charge in [0.2, 0.25) is 0 Å². The highest BCUT2D eigenvalue weighted by Gasteiger charge is 2.08. The standard InChI is InChI=1S/C13H12BrNO2/c1-8(16)5-10-6-9-7-11(14)3-4-12(9)15(2)13(10)17/h3-4,6-7H,5H2,1-2H3. The summed E-state index contributed by atoms with van der Waals surface area (Å²) in [5, 5.41) is 0.956. The molecule has 0 aliphatic carbocycles. The SMILES string of the molecule is CC(=O)Cc1cc2cc(Br)ccc2n(C)c1=O. The Bertz CT molecular complexity index is 658. The highest BCUT2D eigenvalue weighted by atomic mass is 79.9. The lowest BCUT2D eigenvalue weighted by Gasteiger charge is -2.08. The average Bonchev–Trinajstić information content (AvgIpc) is 2.24. The molecule has 0 amide bonds. The fourth-order valence-corrected chi connectivity index (χ4v) is 2.29. The van der Waals surface area contributed by atoms with Gasteiger partial charge in [-0.3, -0.25) is 9.59 Å². The van der Waals surface area contributed by atoms with E-state index in [0.29, 0.717) is 5.56 Å². The number of hydrogen-bond donors (Lipinski definition) is 0. The fraction of sp³-hybridized carbons (Fsp3) is 0.231. The molecule has 3 nitrogen and oxygen atoms in total. The molecule has 0 aliphatic heterocycles. The zero-order valence-corrected chi connectivity index (χ0v) is 11.2. The van der Waals surface area contributed by atoms with Gasteiger partial charge in [0.15, 0.2) is 0 Å². The number of ketones is 1. The van der Waals surface area contributed by atoms with E-state index < -0.39 is 0 Å². The van der Waals surface area contributed by atoms with E-state index in [-0.39, 0.29) is 17.8 Å². The van der Waals surface area contributed by atoms with Crippen molar-refractivity contribution in [1.82, 2.24) is 4.57 Å². The molecule has 0 N–H and O–H groups in total. The molecule has 2 aromatic rings. The molecule has 4 heteroatoms. The predicted molar refractivity (Wildman–Crippen MR) is 71.3 cm³/mol. The molecule has 0 unspecified atom stereocenters. The summed E-state index contributed by atoms with van der Waals surface area (Å²) in [4.78, 5) is 23.1. The first-order valence-corrected chi connectivity index (χ1v) is 6.06. The van der Waals surface area contributed by atoms with Gasteiger partial charge < -0.3 is 4.57 Å². The van der Waals surface area contributed by atoms with Crippen molar-refractivity contribution in [2.75, 3.05) is 0 Å². The number of benzene rings is 1. The molecule has 17 heavy (non-hydrogen) atoms. The maximum absolute atomic E-state index is 12.0. The van der Waals surface area contributed by atoms with Gasteiger partial charge in [0.25, 0.3) is 5.56 Å². The van der Waals surface area contributed by atoms with Crippen LogP contribution in [-0.4, -0.2) is 10.4 Å². The Kier molecular flexibility index (Phi) is 3.15. The summed E-state index contributed by atoms with van der Waals surface area (Å²) in [6.45, 7) is 1.49. The molecule has 2 rings (SSSR count). The summed E-state index contributed by atoms with van der Waals surface area (Å²) in [6, 6.07) is 7.52. The Morgan fingerprint density at radius 2 is 2.06 bits per heavy atom. The van der Waals surface area contributed by atoms with Crippen molar-refractivity contribution >= 4 is 32.6 Å². The minimum Gasteiger partial charge on any atom is -0.311 e. The zero-order chi connectivity index (χ0) is 12.6. The van der Waals surface area contributed by atoms with E-state index in [4.69, 9.17) is 0 Å². The van der Waals surface area contributed by atoms with Crippen LogP contribution in [0.2, 0.25) is 0 Å². The normalized spacial score (nSPS) is 10.8. The minimum absolute atomic E-state index is 0.00329. The fourth-order valence-electron chi connectivity index (χ4n) is 1.92. The summed E-state index contributed by atoms with van der Waals surface area (Å²) in [6.07, 6.45) is 0.190. The van der Waals surface area contributed by atoms with Crippen molar-refractivity contribution in [3.63, 3.8) is 0 Å². The van der Waals surface area contributed by atoms with E-state index in [1.165, 1.54) is 6.92 Å². The monoisotopic (exact) mass is 293 g/mol. The van der Waals surface area contributed by atoms with Crippen LogP contribution in [0.15, 0.2) is 33.5 Å². The van der Waals surface area contributed by atoms with Crippen LogP contribution in [-0.2, 0) is 18.3 Å². The summed E-state index contributed by atoms with van der Waals surface area (Å²) >= 11 is 3.40. The molecular weight excluding hydrogens is 282 g/mol. The number of halogens is 1. The Hall–Kier alpha value is -1.42. The molecule has 88 valence electrons. The van der Waals surface area contributed by atoms with Crippen LogP contribution in [0.25, 0.3) is 10.9 Å². The number of Topliss-reactive ketones (excluding diaryl/α,β-unsaturated/α-hetero) is 1. The molecule has 0 bridgehead atoms. The molecule has 0 fully saturated rings. The molecule has 1 heterocycles. The lowest BCUT2D eigenvalue weighted by molar-refractivity contribution is -0.116. The van der Waals surface area contributed by atoms with Gasteiger partial charge >= 0.3 is 0 Å². The first-order valence-electron chi connectivity index (χ1n) is 5.26. The van der Waals surface area contributed by atoms with Crippen LogP contribution in [0.5, 0.6) is 0 Å². The topological polar surface area (TPSA) is 39.1 Å². The number of aryl methyl sites for hydroxylation is 1. The Morgan fingerprint density at radius 3 is 2.71 bits per heavy atom. The molecule has 1 aromatic carbocycles. The molecule has 0 aliphatic rings. The van der Waals surface area contributed by atoms with E-state index in [0.717, 1.165) is 15.4 Å². The van der Waals surface area contributed by atoms with Crippen molar-refractivity contribution in [3.05, 3.63) is 44.7 Å². The second kappa shape index (κ2) is 4.45. The number of pyridine rings is 1. The molecule has 0 saturated carbocycles. The quantitative estimate of drug-likeness (QED) is 0.853. The maximum Gasteiger partial charge on any atom is 0.254 e. The average molecular weight is 294 g/mol. The Balaban J connectivity index is 2.75. The molecule has 0 spiro atoms. The van der Waals surface area contributed by atoms with Gasteiger partial charge in [0, 0.05) is 23.5 Å². The van der Waals surface area contributed by atoms with Gasteiger partial charge in [-0.05, 0) is 36.6 Å². The van der Waals surface area contributed by atoms with Crippen LogP contribution in [0, 0.1) is 0 Å². The second-order valence-corrected chi connectivity index (χ2v) is 5.03. The third-order valence-electron chi connectivity index (χ3n) is 2.70. The highest BCUT2D eigenvalue weighted by molar-refractivity contribution is 9.10. The third kappa shape index (κ3) is 2.31. The van der Waals surface area contributed by atoms with E-state index in [1.807, 2.05) is 18.2 Å². The van der Waals surface area contributed by atoms with Crippen molar-refractivity contribution in [1.29, 1.82) is 0 Å².